The lowest BCUT2D eigenvalue weighted by molar-refractivity contribution is 0.0531. The van der Waals surface area contributed by atoms with E-state index in [-0.39, 0.29) is 11.4 Å². The summed E-state index contributed by atoms with van der Waals surface area (Å²) < 4.78 is 32.6. The molecule has 0 aromatic heterocycles. The third kappa shape index (κ3) is 3.56. The lowest BCUT2D eigenvalue weighted by Gasteiger charge is -2.22. The van der Waals surface area contributed by atoms with Gasteiger partial charge in [-0.3, -0.25) is 0 Å². The summed E-state index contributed by atoms with van der Waals surface area (Å²) in [7, 11) is -2.25. The van der Waals surface area contributed by atoms with Gasteiger partial charge in [-0.25, -0.2) is 13.1 Å². The standard InChI is InChI=1S/C15H23NO4S/c1-11-8-13(20-3)14(9-12(11)2)21(18,19)16-10-15(17)6-4-5-7-15/h8-9,16-17H,4-7,10H2,1-3H3. The lowest BCUT2D eigenvalue weighted by Crippen LogP contribution is -2.40. The quantitative estimate of drug-likeness (QED) is 0.870. The number of benzene rings is 1. The highest BCUT2D eigenvalue weighted by Gasteiger charge is 2.33. The number of aryl methyl sites for hydroxylation is 2. The van der Waals surface area contributed by atoms with Crippen LogP contribution in [0.2, 0.25) is 0 Å². The molecule has 0 radical (unpaired) electrons. The van der Waals surface area contributed by atoms with Crippen molar-refractivity contribution in [3.63, 3.8) is 0 Å². The maximum atomic E-state index is 12.5. The van der Waals surface area contributed by atoms with Gasteiger partial charge in [0.2, 0.25) is 10.0 Å². The molecule has 1 saturated carbocycles. The van der Waals surface area contributed by atoms with Crippen LogP contribution in [0.1, 0.15) is 36.8 Å². The Balaban J connectivity index is 2.25. The van der Waals surface area contributed by atoms with E-state index in [4.69, 9.17) is 4.74 Å². The van der Waals surface area contributed by atoms with Crippen LogP contribution in [-0.2, 0) is 10.0 Å². The highest BCUT2D eigenvalue weighted by molar-refractivity contribution is 7.89. The third-order valence-corrected chi connectivity index (χ3v) is 5.62. The second kappa shape index (κ2) is 5.94. The van der Waals surface area contributed by atoms with E-state index in [0.717, 1.165) is 24.0 Å². The Morgan fingerprint density at radius 1 is 1.24 bits per heavy atom. The zero-order valence-electron chi connectivity index (χ0n) is 12.8. The van der Waals surface area contributed by atoms with Crippen LogP contribution in [0.3, 0.4) is 0 Å². The van der Waals surface area contributed by atoms with Gasteiger partial charge in [-0.1, -0.05) is 12.8 Å². The highest BCUT2D eigenvalue weighted by atomic mass is 32.2. The Kier molecular flexibility index (Phi) is 4.60. The minimum atomic E-state index is -3.70. The maximum absolute atomic E-state index is 12.5. The largest absolute Gasteiger partial charge is 0.495 e. The molecule has 0 heterocycles. The number of aliphatic hydroxyl groups is 1. The molecule has 6 heteroatoms. The zero-order chi connectivity index (χ0) is 15.7. The number of nitrogens with one attached hydrogen (secondary N) is 1. The molecule has 1 aliphatic carbocycles. The second-order valence-electron chi connectivity index (χ2n) is 5.84. The predicted molar refractivity (Wildman–Crippen MR) is 81.1 cm³/mol. The highest BCUT2D eigenvalue weighted by Crippen LogP contribution is 2.30. The molecule has 1 aromatic carbocycles. The molecule has 0 atom stereocenters. The first-order valence-corrected chi connectivity index (χ1v) is 8.63. The Morgan fingerprint density at radius 3 is 2.38 bits per heavy atom. The summed E-state index contributed by atoms with van der Waals surface area (Å²) in [5.41, 5.74) is 0.941. The van der Waals surface area contributed by atoms with E-state index in [1.165, 1.54) is 7.11 Å². The van der Waals surface area contributed by atoms with Gasteiger partial charge >= 0.3 is 0 Å². The first-order chi connectivity index (χ1) is 9.77. The van der Waals surface area contributed by atoms with Gasteiger partial charge in [-0.2, -0.15) is 0 Å². The molecule has 0 bridgehead atoms. The van der Waals surface area contributed by atoms with Gasteiger partial charge in [0.1, 0.15) is 10.6 Å². The molecule has 21 heavy (non-hydrogen) atoms. The average molecular weight is 313 g/mol. The molecular weight excluding hydrogens is 290 g/mol. The minimum Gasteiger partial charge on any atom is -0.495 e. The van der Waals surface area contributed by atoms with E-state index in [9.17, 15) is 13.5 Å². The molecule has 1 fully saturated rings. The van der Waals surface area contributed by atoms with E-state index in [0.29, 0.717) is 18.6 Å². The van der Waals surface area contributed by atoms with Gasteiger partial charge < -0.3 is 9.84 Å². The zero-order valence-corrected chi connectivity index (χ0v) is 13.6. The van der Waals surface area contributed by atoms with Crippen molar-refractivity contribution in [3.05, 3.63) is 23.3 Å². The summed E-state index contributed by atoms with van der Waals surface area (Å²) >= 11 is 0. The van der Waals surface area contributed by atoms with Crippen LogP contribution in [0.15, 0.2) is 17.0 Å². The smallest absolute Gasteiger partial charge is 0.244 e. The number of hydrogen-bond acceptors (Lipinski definition) is 4. The molecule has 1 aliphatic rings. The van der Waals surface area contributed by atoms with Crippen LogP contribution < -0.4 is 9.46 Å². The third-order valence-electron chi connectivity index (χ3n) is 4.20. The van der Waals surface area contributed by atoms with Gasteiger partial charge in [-0.05, 0) is 49.9 Å². The molecule has 2 rings (SSSR count). The summed E-state index contributed by atoms with van der Waals surface area (Å²) in [6, 6.07) is 3.32. The van der Waals surface area contributed by atoms with Crippen molar-refractivity contribution in [1.29, 1.82) is 0 Å². The predicted octanol–water partition coefficient (Wildman–Crippen LogP) is 1.90. The molecule has 0 amide bonds. The Labute approximate surface area is 126 Å². The fourth-order valence-electron chi connectivity index (χ4n) is 2.65. The van der Waals surface area contributed by atoms with Crippen LogP contribution in [0.25, 0.3) is 0 Å². The normalized spacial score (nSPS) is 17.9. The first kappa shape index (κ1) is 16.3. The molecular formula is C15H23NO4S. The molecule has 5 nitrogen and oxygen atoms in total. The summed E-state index contributed by atoms with van der Waals surface area (Å²) in [6.07, 6.45) is 3.15. The van der Waals surface area contributed by atoms with E-state index in [1.54, 1.807) is 12.1 Å². The number of methoxy groups -OCH3 is 1. The van der Waals surface area contributed by atoms with E-state index < -0.39 is 15.6 Å². The van der Waals surface area contributed by atoms with Crippen LogP contribution in [0.5, 0.6) is 5.75 Å². The van der Waals surface area contributed by atoms with Crippen LogP contribution in [0.4, 0.5) is 0 Å². The summed E-state index contributed by atoms with van der Waals surface area (Å²) in [5, 5.41) is 10.3. The monoisotopic (exact) mass is 313 g/mol. The Hall–Kier alpha value is -1.11. The van der Waals surface area contributed by atoms with E-state index in [1.807, 2.05) is 13.8 Å². The summed E-state index contributed by atoms with van der Waals surface area (Å²) in [6.45, 7) is 3.81. The number of hydrogen-bond donors (Lipinski definition) is 2. The Morgan fingerprint density at radius 2 is 1.81 bits per heavy atom. The molecule has 0 spiro atoms. The molecule has 118 valence electrons. The maximum Gasteiger partial charge on any atom is 0.244 e. The van der Waals surface area contributed by atoms with Crippen molar-refractivity contribution in [1.82, 2.24) is 4.72 Å². The van der Waals surface area contributed by atoms with Crippen LogP contribution in [0, 0.1) is 13.8 Å². The van der Waals surface area contributed by atoms with Crippen molar-refractivity contribution in [3.8, 4) is 5.75 Å². The fourth-order valence-corrected chi connectivity index (χ4v) is 4.00. The molecule has 0 unspecified atom stereocenters. The molecule has 0 aliphatic heterocycles. The minimum absolute atomic E-state index is 0.0470. The van der Waals surface area contributed by atoms with Crippen molar-refractivity contribution in [2.75, 3.05) is 13.7 Å². The Bertz CT molecular complexity index is 619. The van der Waals surface area contributed by atoms with Crippen LogP contribution in [-0.4, -0.2) is 32.8 Å². The van der Waals surface area contributed by atoms with Gasteiger partial charge in [0.15, 0.2) is 0 Å². The van der Waals surface area contributed by atoms with E-state index in [2.05, 4.69) is 4.72 Å². The van der Waals surface area contributed by atoms with Gasteiger partial charge in [0, 0.05) is 6.54 Å². The summed E-state index contributed by atoms with van der Waals surface area (Å²) in [4.78, 5) is 0.120. The number of sulfonamides is 1. The van der Waals surface area contributed by atoms with Gasteiger partial charge in [0.25, 0.3) is 0 Å². The fraction of sp³-hybridized carbons (Fsp3) is 0.600. The first-order valence-electron chi connectivity index (χ1n) is 7.15. The molecule has 0 saturated heterocycles. The lowest BCUT2D eigenvalue weighted by atomic mass is 10.0. The van der Waals surface area contributed by atoms with Gasteiger partial charge in [0.05, 0.1) is 12.7 Å². The van der Waals surface area contributed by atoms with E-state index >= 15 is 0 Å². The topological polar surface area (TPSA) is 75.6 Å². The molecule has 2 N–H and O–H groups in total. The van der Waals surface area contributed by atoms with Crippen molar-refractivity contribution < 1.29 is 18.3 Å². The summed E-state index contributed by atoms with van der Waals surface area (Å²) in [5.74, 6) is 0.323. The average Bonchev–Trinajstić information content (AvgIpc) is 2.87. The van der Waals surface area contributed by atoms with Crippen molar-refractivity contribution >= 4 is 10.0 Å². The SMILES string of the molecule is COc1cc(C)c(C)cc1S(=O)(=O)NCC1(O)CCCC1. The number of rotatable bonds is 5. The van der Waals surface area contributed by atoms with Gasteiger partial charge in [-0.15, -0.1) is 0 Å². The van der Waals surface area contributed by atoms with Crippen molar-refractivity contribution in [2.45, 2.75) is 50.0 Å². The van der Waals surface area contributed by atoms with Crippen molar-refractivity contribution in [2.24, 2.45) is 0 Å². The van der Waals surface area contributed by atoms with Crippen LogP contribution >= 0.6 is 0 Å². The molecule has 1 aromatic rings. The number of ether oxygens (including phenoxy) is 1. The second-order valence-corrected chi connectivity index (χ2v) is 7.58.